The molecule has 0 unspecified atom stereocenters. The number of fused-ring (bicyclic) bond motifs is 1. The van der Waals surface area contributed by atoms with Gasteiger partial charge in [-0.2, -0.15) is 0 Å². The molecular weight excluding hydrogens is 346 g/mol. The van der Waals surface area contributed by atoms with Crippen LogP contribution >= 0.6 is 11.8 Å². The van der Waals surface area contributed by atoms with E-state index in [1.54, 1.807) is 4.57 Å². The van der Waals surface area contributed by atoms with Crippen LogP contribution in [0.1, 0.15) is 46.0 Å². The van der Waals surface area contributed by atoms with Crippen molar-refractivity contribution in [1.29, 1.82) is 0 Å². The number of para-hydroxylation sites is 1. The molecule has 1 heterocycles. The highest BCUT2D eigenvalue weighted by Crippen LogP contribution is 2.20. The second kappa shape index (κ2) is 8.71. The van der Waals surface area contributed by atoms with Gasteiger partial charge in [-0.3, -0.25) is 14.2 Å². The number of benzene rings is 1. The molecule has 1 amide bonds. The fraction of sp³-hybridized carbons (Fsp3) is 0.550. The molecule has 0 bridgehead atoms. The number of hydrogen-bond acceptors (Lipinski definition) is 4. The Hall–Kier alpha value is -1.82. The summed E-state index contributed by atoms with van der Waals surface area (Å²) in [6.07, 6.45) is 5.44. The number of aromatic nitrogens is 2. The molecule has 26 heavy (non-hydrogen) atoms. The van der Waals surface area contributed by atoms with Crippen LogP contribution in [-0.4, -0.2) is 27.3 Å². The lowest BCUT2D eigenvalue weighted by Crippen LogP contribution is -2.34. The summed E-state index contributed by atoms with van der Waals surface area (Å²) in [6.45, 7) is 4.91. The van der Waals surface area contributed by atoms with Crippen molar-refractivity contribution in [3.63, 3.8) is 0 Å². The molecule has 0 spiro atoms. The predicted molar refractivity (Wildman–Crippen MR) is 107 cm³/mol. The minimum absolute atomic E-state index is 0.0186. The minimum Gasteiger partial charge on any atom is -0.353 e. The smallest absolute Gasteiger partial charge is 0.262 e. The Morgan fingerprint density at radius 1 is 1.31 bits per heavy atom. The molecular formula is C20H27N3O2S. The zero-order valence-electron chi connectivity index (χ0n) is 15.5. The standard InChI is InChI=1S/C20H27N3O2S/c1-14(2)11-12-23-19(25)16-9-5-6-10-17(16)22-20(23)26-13-18(24)21-15-7-3-4-8-15/h5-6,9-10,14-15H,3-4,7-8,11-13H2,1-2H3,(H,21,24). The van der Waals surface area contributed by atoms with E-state index >= 15 is 0 Å². The van der Waals surface area contributed by atoms with E-state index in [-0.39, 0.29) is 11.5 Å². The Labute approximate surface area is 158 Å². The lowest BCUT2D eigenvalue weighted by atomic mass is 10.1. The molecule has 1 aliphatic rings. The third-order valence-electron chi connectivity index (χ3n) is 4.81. The topological polar surface area (TPSA) is 64.0 Å². The van der Waals surface area contributed by atoms with Gasteiger partial charge in [0.1, 0.15) is 0 Å². The quantitative estimate of drug-likeness (QED) is 0.595. The molecule has 5 nitrogen and oxygen atoms in total. The molecule has 3 rings (SSSR count). The molecule has 1 aliphatic carbocycles. The van der Waals surface area contributed by atoms with Crippen molar-refractivity contribution in [1.82, 2.24) is 14.9 Å². The van der Waals surface area contributed by atoms with Gasteiger partial charge in [0.05, 0.1) is 16.7 Å². The zero-order valence-corrected chi connectivity index (χ0v) is 16.3. The van der Waals surface area contributed by atoms with E-state index in [0.29, 0.717) is 40.3 Å². The van der Waals surface area contributed by atoms with Gasteiger partial charge >= 0.3 is 0 Å². The predicted octanol–water partition coefficient (Wildman–Crippen LogP) is 3.59. The van der Waals surface area contributed by atoms with Crippen molar-refractivity contribution >= 4 is 28.6 Å². The second-order valence-corrected chi connectivity index (χ2v) is 8.33. The van der Waals surface area contributed by atoms with E-state index in [4.69, 9.17) is 0 Å². The van der Waals surface area contributed by atoms with E-state index in [2.05, 4.69) is 24.1 Å². The van der Waals surface area contributed by atoms with Crippen LogP contribution in [0.2, 0.25) is 0 Å². The summed E-state index contributed by atoms with van der Waals surface area (Å²) >= 11 is 1.36. The summed E-state index contributed by atoms with van der Waals surface area (Å²) in [5, 5.41) is 4.37. The summed E-state index contributed by atoms with van der Waals surface area (Å²) in [7, 11) is 0. The highest BCUT2D eigenvalue weighted by atomic mass is 32.2. The van der Waals surface area contributed by atoms with Crippen LogP contribution in [0.4, 0.5) is 0 Å². The van der Waals surface area contributed by atoms with Crippen molar-refractivity contribution in [2.75, 3.05) is 5.75 Å². The van der Waals surface area contributed by atoms with E-state index in [0.717, 1.165) is 19.3 Å². The summed E-state index contributed by atoms with van der Waals surface area (Å²) in [5.74, 6) is 0.819. The number of hydrogen-bond donors (Lipinski definition) is 1. The Morgan fingerprint density at radius 3 is 2.77 bits per heavy atom. The Balaban J connectivity index is 1.79. The van der Waals surface area contributed by atoms with Crippen molar-refractivity contribution in [2.24, 2.45) is 5.92 Å². The summed E-state index contributed by atoms with van der Waals surface area (Å²) < 4.78 is 1.73. The van der Waals surface area contributed by atoms with Crippen LogP contribution in [0.25, 0.3) is 10.9 Å². The number of nitrogens with zero attached hydrogens (tertiary/aromatic N) is 2. The van der Waals surface area contributed by atoms with Crippen molar-refractivity contribution in [3.05, 3.63) is 34.6 Å². The van der Waals surface area contributed by atoms with Crippen molar-refractivity contribution in [2.45, 2.75) is 63.7 Å². The largest absolute Gasteiger partial charge is 0.353 e. The first kappa shape index (κ1) is 19.0. The molecule has 0 saturated heterocycles. The minimum atomic E-state index is -0.0186. The van der Waals surface area contributed by atoms with Gasteiger partial charge in [0.2, 0.25) is 5.91 Å². The van der Waals surface area contributed by atoms with Crippen LogP contribution in [0, 0.1) is 5.92 Å². The summed E-state index contributed by atoms with van der Waals surface area (Å²) in [4.78, 5) is 29.8. The number of amides is 1. The number of nitrogens with one attached hydrogen (secondary N) is 1. The van der Waals surface area contributed by atoms with Gasteiger partial charge < -0.3 is 5.32 Å². The average molecular weight is 374 g/mol. The SMILES string of the molecule is CC(C)CCn1c(SCC(=O)NC2CCCC2)nc2ccccc2c1=O. The molecule has 0 aliphatic heterocycles. The van der Waals surface area contributed by atoms with E-state index in [1.807, 2.05) is 24.3 Å². The molecule has 1 N–H and O–H groups in total. The Kier molecular flexibility index (Phi) is 6.35. The maximum atomic E-state index is 12.9. The van der Waals surface area contributed by atoms with Gasteiger partial charge in [0.25, 0.3) is 5.56 Å². The Bertz CT molecular complexity index is 825. The number of rotatable bonds is 7. The molecule has 0 atom stereocenters. The second-order valence-electron chi connectivity index (χ2n) is 7.39. The summed E-state index contributed by atoms with van der Waals surface area (Å²) in [6, 6.07) is 7.73. The number of carbonyl (C=O) groups excluding carboxylic acids is 1. The van der Waals surface area contributed by atoms with Crippen LogP contribution < -0.4 is 10.9 Å². The molecule has 6 heteroatoms. The van der Waals surface area contributed by atoms with Gasteiger partial charge in [-0.15, -0.1) is 0 Å². The zero-order chi connectivity index (χ0) is 18.5. The van der Waals surface area contributed by atoms with Crippen LogP contribution in [0.15, 0.2) is 34.2 Å². The van der Waals surface area contributed by atoms with E-state index in [9.17, 15) is 9.59 Å². The van der Waals surface area contributed by atoms with Gasteiger partial charge in [0, 0.05) is 12.6 Å². The van der Waals surface area contributed by atoms with Crippen LogP contribution in [0.5, 0.6) is 0 Å². The maximum absolute atomic E-state index is 12.9. The third kappa shape index (κ3) is 4.67. The lowest BCUT2D eigenvalue weighted by Gasteiger charge is -2.15. The first-order valence-electron chi connectivity index (χ1n) is 9.46. The van der Waals surface area contributed by atoms with E-state index in [1.165, 1.54) is 24.6 Å². The normalized spacial score (nSPS) is 15.0. The third-order valence-corrected chi connectivity index (χ3v) is 5.79. The average Bonchev–Trinajstić information content (AvgIpc) is 3.12. The van der Waals surface area contributed by atoms with Crippen molar-refractivity contribution < 1.29 is 4.79 Å². The fourth-order valence-electron chi connectivity index (χ4n) is 3.31. The van der Waals surface area contributed by atoms with Gasteiger partial charge in [-0.05, 0) is 37.3 Å². The highest BCUT2D eigenvalue weighted by Gasteiger charge is 2.18. The van der Waals surface area contributed by atoms with Crippen LogP contribution in [-0.2, 0) is 11.3 Å². The monoisotopic (exact) mass is 373 g/mol. The Morgan fingerprint density at radius 2 is 2.04 bits per heavy atom. The molecule has 2 aromatic rings. The molecule has 1 aromatic heterocycles. The molecule has 1 saturated carbocycles. The lowest BCUT2D eigenvalue weighted by molar-refractivity contribution is -0.119. The first-order valence-corrected chi connectivity index (χ1v) is 10.4. The molecule has 1 aromatic carbocycles. The van der Waals surface area contributed by atoms with Crippen LogP contribution in [0.3, 0.4) is 0 Å². The van der Waals surface area contributed by atoms with Crippen molar-refractivity contribution in [3.8, 4) is 0 Å². The van der Waals surface area contributed by atoms with E-state index < -0.39 is 0 Å². The number of carbonyl (C=O) groups is 1. The fourth-order valence-corrected chi connectivity index (χ4v) is 4.15. The van der Waals surface area contributed by atoms with Gasteiger partial charge in [-0.25, -0.2) is 4.98 Å². The molecule has 0 radical (unpaired) electrons. The summed E-state index contributed by atoms with van der Waals surface area (Å²) in [5.41, 5.74) is 0.673. The molecule has 140 valence electrons. The van der Waals surface area contributed by atoms with Gasteiger partial charge in [0.15, 0.2) is 5.16 Å². The highest BCUT2D eigenvalue weighted by molar-refractivity contribution is 7.99. The molecule has 1 fully saturated rings. The first-order chi connectivity index (χ1) is 12.5. The van der Waals surface area contributed by atoms with Gasteiger partial charge in [-0.1, -0.05) is 50.6 Å². The maximum Gasteiger partial charge on any atom is 0.262 e. The number of thioether (sulfide) groups is 1.